The lowest BCUT2D eigenvalue weighted by Crippen LogP contribution is -2.47. The Morgan fingerprint density at radius 2 is 2.00 bits per heavy atom. The monoisotopic (exact) mass is 316 g/mol. The largest absolute Gasteiger partial charge is 0.355 e. The Morgan fingerprint density at radius 1 is 1.22 bits per heavy atom. The van der Waals surface area contributed by atoms with Crippen LogP contribution in [0.25, 0.3) is 0 Å². The van der Waals surface area contributed by atoms with Crippen molar-refractivity contribution in [2.75, 3.05) is 25.0 Å². The van der Waals surface area contributed by atoms with Crippen LogP contribution in [0.3, 0.4) is 0 Å². The molecule has 1 aromatic heterocycles. The van der Waals surface area contributed by atoms with Gasteiger partial charge in [0.1, 0.15) is 5.82 Å². The van der Waals surface area contributed by atoms with E-state index in [9.17, 15) is 4.79 Å². The molecule has 126 valence electrons. The van der Waals surface area contributed by atoms with Crippen LogP contribution in [0, 0.1) is 11.8 Å². The molecule has 2 fully saturated rings. The molecule has 0 radical (unpaired) electrons. The zero-order valence-corrected chi connectivity index (χ0v) is 14.3. The highest BCUT2D eigenvalue weighted by Gasteiger charge is 2.32. The van der Waals surface area contributed by atoms with E-state index in [1.54, 1.807) is 18.6 Å². The van der Waals surface area contributed by atoms with Crippen molar-refractivity contribution in [2.45, 2.75) is 51.5 Å². The van der Waals surface area contributed by atoms with Crippen LogP contribution in [-0.2, 0) is 4.79 Å². The van der Waals surface area contributed by atoms with Crippen LogP contribution in [-0.4, -0.2) is 47.0 Å². The molecule has 1 aromatic rings. The van der Waals surface area contributed by atoms with E-state index in [-0.39, 0.29) is 5.92 Å². The summed E-state index contributed by atoms with van der Waals surface area (Å²) in [6.07, 6.45) is 12.0. The third-order valence-electron chi connectivity index (χ3n) is 5.52. The molecule has 1 amide bonds. The van der Waals surface area contributed by atoms with Crippen LogP contribution < -0.4 is 4.90 Å². The van der Waals surface area contributed by atoms with Gasteiger partial charge in [-0.2, -0.15) is 0 Å². The molecular weight excluding hydrogens is 288 g/mol. The van der Waals surface area contributed by atoms with Crippen molar-refractivity contribution in [3.8, 4) is 0 Å². The average Bonchev–Trinajstić information content (AvgIpc) is 2.62. The van der Waals surface area contributed by atoms with Gasteiger partial charge in [0.05, 0.1) is 12.1 Å². The molecule has 3 rings (SSSR count). The van der Waals surface area contributed by atoms with Gasteiger partial charge in [0, 0.05) is 38.6 Å². The van der Waals surface area contributed by atoms with E-state index in [0.717, 1.165) is 50.5 Å². The van der Waals surface area contributed by atoms with E-state index in [0.29, 0.717) is 11.9 Å². The number of anilines is 1. The number of nitrogens with zero attached hydrogens (tertiary/aromatic N) is 4. The molecule has 1 atom stereocenters. The smallest absolute Gasteiger partial charge is 0.227 e. The third kappa shape index (κ3) is 3.82. The second-order valence-corrected chi connectivity index (χ2v) is 7.21. The van der Waals surface area contributed by atoms with Crippen molar-refractivity contribution in [1.82, 2.24) is 14.9 Å². The minimum absolute atomic E-state index is 0.0927. The van der Waals surface area contributed by atoms with E-state index in [1.165, 1.54) is 12.8 Å². The maximum atomic E-state index is 12.9. The fourth-order valence-corrected chi connectivity index (χ4v) is 3.94. The Labute approximate surface area is 139 Å². The first-order valence-corrected chi connectivity index (χ1v) is 8.92. The van der Waals surface area contributed by atoms with Crippen molar-refractivity contribution in [3.63, 3.8) is 0 Å². The topological polar surface area (TPSA) is 49.3 Å². The number of aromatic nitrogens is 2. The average molecular weight is 316 g/mol. The first-order valence-electron chi connectivity index (χ1n) is 8.92. The number of carbonyl (C=O) groups is 1. The van der Waals surface area contributed by atoms with Crippen LogP contribution in [0.1, 0.15) is 45.4 Å². The molecular formula is C18H28N4O. The van der Waals surface area contributed by atoms with Gasteiger partial charge in [-0.1, -0.05) is 6.92 Å². The number of amides is 1. The van der Waals surface area contributed by atoms with E-state index in [1.807, 2.05) is 11.9 Å². The number of rotatable bonds is 3. The lowest BCUT2D eigenvalue weighted by atomic mass is 9.86. The molecule has 23 heavy (non-hydrogen) atoms. The predicted octanol–water partition coefficient (Wildman–Crippen LogP) is 2.73. The van der Waals surface area contributed by atoms with Gasteiger partial charge in [0.25, 0.3) is 0 Å². The molecule has 2 aliphatic rings. The fourth-order valence-electron chi connectivity index (χ4n) is 3.94. The second kappa shape index (κ2) is 7.28. The number of hydrogen-bond acceptors (Lipinski definition) is 4. The molecule has 5 heteroatoms. The zero-order valence-electron chi connectivity index (χ0n) is 14.3. The molecule has 0 N–H and O–H groups in total. The van der Waals surface area contributed by atoms with Gasteiger partial charge < -0.3 is 9.80 Å². The highest BCUT2D eigenvalue weighted by atomic mass is 16.2. The maximum Gasteiger partial charge on any atom is 0.227 e. The van der Waals surface area contributed by atoms with Crippen LogP contribution in [0.4, 0.5) is 5.82 Å². The second-order valence-electron chi connectivity index (χ2n) is 7.21. The predicted molar refractivity (Wildman–Crippen MR) is 91.2 cm³/mol. The number of carbonyl (C=O) groups excluding carboxylic acids is 1. The minimum Gasteiger partial charge on any atom is -0.355 e. The summed E-state index contributed by atoms with van der Waals surface area (Å²) in [5.41, 5.74) is 0. The van der Waals surface area contributed by atoms with Gasteiger partial charge >= 0.3 is 0 Å². The van der Waals surface area contributed by atoms with E-state index >= 15 is 0 Å². The number of piperidine rings is 1. The summed E-state index contributed by atoms with van der Waals surface area (Å²) in [5, 5.41) is 0. The highest BCUT2D eigenvalue weighted by Crippen LogP contribution is 2.29. The Kier molecular flexibility index (Phi) is 5.13. The molecule has 2 heterocycles. The summed E-state index contributed by atoms with van der Waals surface area (Å²) in [6, 6.07) is 0.436. The van der Waals surface area contributed by atoms with Crippen molar-refractivity contribution in [2.24, 2.45) is 11.8 Å². The Bertz CT molecular complexity index is 513. The SMILES string of the molecule is CC1CCC(N(C)C(=O)[C@@H]2CCCN(c3cnccn3)C2)CC1. The quantitative estimate of drug-likeness (QED) is 0.860. The van der Waals surface area contributed by atoms with Crippen LogP contribution in [0.15, 0.2) is 18.6 Å². The molecule has 5 nitrogen and oxygen atoms in total. The Morgan fingerprint density at radius 3 is 2.70 bits per heavy atom. The van der Waals surface area contributed by atoms with E-state index in [2.05, 4.69) is 21.8 Å². The molecule has 0 unspecified atom stereocenters. The standard InChI is InChI=1S/C18H28N4O/c1-14-5-7-16(8-6-14)21(2)18(23)15-4-3-11-22(13-15)17-12-19-9-10-20-17/h9-10,12,14-16H,3-8,11,13H2,1-2H3/t14?,15-,16?/m1/s1. The van der Waals surface area contributed by atoms with Crippen molar-refractivity contribution in [1.29, 1.82) is 0 Å². The van der Waals surface area contributed by atoms with Crippen LogP contribution in [0.2, 0.25) is 0 Å². The summed E-state index contributed by atoms with van der Waals surface area (Å²) in [5.74, 6) is 2.11. The molecule has 0 bridgehead atoms. The first-order chi connectivity index (χ1) is 11.1. The highest BCUT2D eigenvalue weighted by molar-refractivity contribution is 5.79. The normalized spacial score (nSPS) is 28.4. The van der Waals surface area contributed by atoms with Crippen molar-refractivity contribution >= 4 is 11.7 Å². The van der Waals surface area contributed by atoms with Gasteiger partial charge in [-0.05, 0) is 44.4 Å². The van der Waals surface area contributed by atoms with E-state index in [4.69, 9.17) is 0 Å². The zero-order chi connectivity index (χ0) is 16.2. The molecule has 1 aliphatic heterocycles. The minimum atomic E-state index is 0.0927. The molecule has 1 saturated carbocycles. The van der Waals surface area contributed by atoms with Gasteiger partial charge in [-0.25, -0.2) is 4.98 Å². The summed E-state index contributed by atoms with van der Waals surface area (Å²) in [6.45, 7) is 4.05. The van der Waals surface area contributed by atoms with Gasteiger partial charge in [-0.3, -0.25) is 9.78 Å². The molecule has 0 spiro atoms. The van der Waals surface area contributed by atoms with Gasteiger partial charge in [0.2, 0.25) is 5.91 Å². The third-order valence-corrected chi connectivity index (χ3v) is 5.52. The van der Waals surface area contributed by atoms with Crippen molar-refractivity contribution in [3.05, 3.63) is 18.6 Å². The molecule has 0 aromatic carbocycles. The maximum absolute atomic E-state index is 12.9. The van der Waals surface area contributed by atoms with Gasteiger partial charge in [-0.15, -0.1) is 0 Å². The van der Waals surface area contributed by atoms with Gasteiger partial charge in [0.15, 0.2) is 0 Å². The first kappa shape index (κ1) is 16.2. The molecule has 1 aliphatic carbocycles. The summed E-state index contributed by atoms with van der Waals surface area (Å²) >= 11 is 0. The summed E-state index contributed by atoms with van der Waals surface area (Å²) in [7, 11) is 2.00. The Balaban J connectivity index is 1.60. The van der Waals surface area contributed by atoms with Crippen LogP contribution >= 0.6 is 0 Å². The summed E-state index contributed by atoms with van der Waals surface area (Å²) in [4.78, 5) is 25.7. The van der Waals surface area contributed by atoms with Crippen molar-refractivity contribution < 1.29 is 4.79 Å². The molecule has 1 saturated heterocycles. The van der Waals surface area contributed by atoms with E-state index < -0.39 is 0 Å². The summed E-state index contributed by atoms with van der Waals surface area (Å²) < 4.78 is 0. The Hall–Kier alpha value is -1.65. The van der Waals surface area contributed by atoms with Crippen LogP contribution in [0.5, 0.6) is 0 Å². The fraction of sp³-hybridized carbons (Fsp3) is 0.722. The lowest BCUT2D eigenvalue weighted by molar-refractivity contribution is -0.137. The number of hydrogen-bond donors (Lipinski definition) is 0. The lowest BCUT2D eigenvalue weighted by Gasteiger charge is -2.38.